The fourth-order valence-electron chi connectivity index (χ4n) is 2.27. The number of rotatable bonds is 5. The number of carbonyl (C=O) groups excluding carboxylic acids is 1. The molecule has 2 N–H and O–H groups in total. The molecule has 0 aliphatic carbocycles. The smallest absolute Gasteiger partial charge is 0.251 e. The lowest BCUT2D eigenvalue weighted by atomic mass is 9.88. The molecule has 0 aliphatic rings. The van der Waals surface area contributed by atoms with Crippen molar-refractivity contribution in [3.63, 3.8) is 0 Å². The van der Waals surface area contributed by atoms with E-state index in [1.54, 1.807) is 25.4 Å². The maximum atomic E-state index is 14.3. The van der Waals surface area contributed by atoms with Crippen molar-refractivity contribution in [1.82, 2.24) is 10.0 Å². The molecular weight excluding hydrogens is 318 g/mol. The fourth-order valence-corrected chi connectivity index (χ4v) is 2.27. The summed E-state index contributed by atoms with van der Waals surface area (Å²) < 4.78 is 29.2. The number of hydrogen-bond acceptors (Lipinski definition) is 3. The maximum absolute atomic E-state index is 14.3. The third-order valence-corrected chi connectivity index (χ3v) is 3.94. The first-order valence-electron chi connectivity index (χ1n) is 7.35. The Morgan fingerprint density at radius 3 is 2.50 bits per heavy atom. The summed E-state index contributed by atoms with van der Waals surface area (Å²) >= 11 is 0. The Kier molecular flexibility index (Phi) is 5.14. The number of halogens is 2. The van der Waals surface area contributed by atoms with Gasteiger partial charge in [0.05, 0.1) is 0 Å². The van der Waals surface area contributed by atoms with E-state index in [4.69, 9.17) is 5.21 Å². The highest BCUT2D eigenvalue weighted by Gasteiger charge is 2.27. The van der Waals surface area contributed by atoms with Gasteiger partial charge in [-0.3, -0.25) is 14.8 Å². The molecule has 24 heavy (non-hydrogen) atoms. The molecule has 7 heteroatoms. The number of benzene rings is 1. The van der Waals surface area contributed by atoms with Gasteiger partial charge in [0, 0.05) is 35.3 Å². The molecule has 0 aliphatic heterocycles. The number of aromatic nitrogens is 1. The van der Waals surface area contributed by atoms with Crippen LogP contribution in [0.4, 0.5) is 8.78 Å². The molecule has 2 aromatic rings. The van der Waals surface area contributed by atoms with E-state index < -0.39 is 28.5 Å². The van der Waals surface area contributed by atoms with Crippen LogP contribution in [-0.2, 0) is 11.3 Å². The number of pyridine rings is 1. The Bertz CT molecular complexity index is 816. The fraction of sp³-hybridized carbons (Fsp3) is 0.294. The molecule has 5 nitrogen and oxygen atoms in total. The lowest BCUT2D eigenvalue weighted by Crippen LogP contribution is -2.36. The zero-order valence-corrected chi connectivity index (χ0v) is 13.3. The van der Waals surface area contributed by atoms with Crippen LogP contribution in [0, 0.1) is 17.0 Å². The Morgan fingerprint density at radius 2 is 1.88 bits per heavy atom. The summed E-state index contributed by atoms with van der Waals surface area (Å²) in [6, 6.07) is 6.65. The summed E-state index contributed by atoms with van der Waals surface area (Å²) in [6.07, 6.45) is 1.20. The normalized spacial score (nSPS) is 11.4. The molecule has 0 radical (unpaired) electrons. The van der Waals surface area contributed by atoms with Gasteiger partial charge >= 0.3 is 0 Å². The van der Waals surface area contributed by atoms with E-state index in [0.717, 1.165) is 16.8 Å². The van der Waals surface area contributed by atoms with Crippen LogP contribution in [0.2, 0.25) is 0 Å². The molecule has 0 saturated heterocycles. The number of nitrogens with one attached hydrogen (secondary N) is 1. The number of hydrogen-bond donors (Lipinski definition) is 2. The number of amides is 1. The average molecular weight is 336 g/mol. The number of hydroxylamine groups is 1. The minimum Gasteiger partial charge on any atom is -0.313 e. The molecule has 128 valence electrons. The maximum Gasteiger partial charge on any atom is 0.251 e. The number of aryl methyl sites for hydroxylation is 1. The summed E-state index contributed by atoms with van der Waals surface area (Å²) in [5.41, 5.74) is 0.0255. The molecule has 1 aromatic carbocycles. The van der Waals surface area contributed by atoms with E-state index in [2.05, 4.69) is 0 Å². The molecule has 0 bridgehead atoms. The van der Waals surface area contributed by atoms with E-state index in [1.807, 2.05) is 0 Å². The Hall–Kier alpha value is -2.54. The van der Waals surface area contributed by atoms with Crippen molar-refractivity contribution in [3.05, 3.63) is 58.5 Å². The summed E-state index contributed by atoms with van der Waals surface area (Å²) in [5, 5.41) is 8.69. The Labute approximate surface area is 137 Å². The van der Waals surface area contributed by atoms with Crippen LogP contribution in [0.5, 0.6) is 0 Å². The molecule has 0 spiro atoms. The zero-order valence-electron chi connectivity index (χ0n) is 13.3. The molecule has 0 saturated carbocycles. The van der Waals surface area contributed by atoms with Crippen LogP contribution >= 0.6 is 0 Å². The van der Waals surface area contributed by atoms with Gasteiger partial charge in [0.15, 0.2) is 0 Å². The average Bonchev–Trinajstić information content (AvgIpc) is 2.55. The summed E-state index contributed by atoms with van der Waals surface area (Å²) in [6.45, 7) is 3.26. The van der Waals surface area contributed by atoms with Gasteiger partial charge in [-0.15, -0.1) is 0 Å². The monoisotopic (exact) mass is 336 g/mol. The largest absolute Gasteiger partial charge is 0.313 e. The summed E-state index contributed by atoms with van der Waals surface area (Å²) in [5.74, 6) is -1.95. The first-order valence-corrected chi connectivity index (χ1v) is 7.35. The molecule has 1 amide bonds. The lowest BCUT2D eigenvalue weighted by Gasteiger charge is -2.22. The highest BCUT2D eigenvalue weighted by molar-refractivity contribution is 5.80. The highest BCUT2D eigenvalue weighted by atomic mass is 19.1. The van der Waals surface area contributed by atoms with Crippen molar-refractivity contribution in [2.45, 2.75) is 26.8 Å². The van der Waals surface area contributed by atoms with Gasteiger partial charge in [-0.25, -0.2) is 14.3 Å². The standard InChI is InChI=1S/C17H18F2N2O3/c1-17(2,16(23)20-24)7-8-21-10-14(19)12(9-15(21)22)11-5-3-4-6-13(11)18/h3-6,9-10,24H,7-8H2,1-2H3,(H,20,23). The predicted molar refractivity (Wildman–Crippen MR) is 84.4 cm³/mol. The van der Waals surface area contributed by atoms with E-state index in [0.29, 0.717) is 0 Å². The molecule has 0 atom stereocenters. The molecule has 0 unspecified atom stereocenters. The number of nitrogens with zero attached hydrogens (tertiary/aromatic N) is 1. The highest BCUT2D eigenvalue weighted by Crippen LogP contribution is 2.25. The molecule has 1 aromatic heterocycles. The third-order valence-electron chi connectivity index (χ3n) is 3.94. The molecule has 2 rings (SSSR count). The summed E-state index contributed by atoms with van der Waals surface area (Å²) in [7, 11) is 0. The van der Waals surface area contributed by atoms with E-state index >= 15 is 0 Å². The molecular formula is C17H18F2N2O3. The van der Waals surface area contributed by atoms with Gasteiger partial charge in [-0.2, -0.15) is 0 Å². The van der Waals surface area contributed by atoms with Gasteiger partial charge < -0.3 is 4.57 Å². The quantitative estimate of drug-likeness (QED) is 0.651. The molecule has 1 heterocycles. The van der Waals surface area contributed by atoms with Crippen molar-refractivity contribution in [1.29, 1.82) is 0 Å². The zero-order chi connectivity index (χ0) is 17.9. The topological polar surface area (TPSA) is 71.3 Å². The first kappa shape index (κ1) is 17.8. The molecule has 0 fully saturated rings. The lowest BCUT2D eigenvalue weighted by molar-refractivity contribution is -0.138. The second-order valence-corrected chi connectivity index (χ2v) is 6.12. The van der Waals surface area contributed by atoms with Crippen LogP contribution < -0.4 is 11.0 Å². The van der Waals surface area contributed by atoms with Crippen molar-refractivity contribution in [2.75, 3.05) is 0 Å². The van der Waals surface area contributed by atoms with Gasteiger partial charge in [0.2, 0.25) is 5.91 Å². The predicted octanol–water partition coefficient (Wildman–Crippen LogP) is 2.72. The van der Waals surface area contributed by atoms with E-state index in [-0.39, 0.29) is 24.1 Å². The van der Waals surface area contributed by atoms with Gasteiger partial charge in [0.25, 0.3) is 5.56 Å². The first-order chi connectivity index (χ1) is 11.3. The van der Waals surface area contributed by atoms with Gasteiger partial charge in [-0.1, -0.05) is 32.0 Å². The third kappa shape index (κ3) is 3.68. The van der Waals surface area contributed by atoms with Crippen LogP contribution in [0.1, 0.15) is 20.3 Å². The van der Waals surface area contributed by atoms with E-state index in [9.17, 15) is 18.4 Å². The number of carbonyl (C=O) groups is 1. The van der Waals surface area contributed by atoms with Crippen molar-refractivity contribution >= 4 is 5.91 Å². The summed E-state index contributed by atoms with van der Waals surface area (Å²) in [4.78, 5) is 23.7. The van der Waals surface area contributed by atoms with Gasteiger partial charge in [-0.05, 0) is 12.5 Å². The van der Waals surface area contributed by atoms with Crippen LogP contribution in [0.15, 0.2) is 41.3 Å². The van der Waals surface area contributed by atoms with Crippen molar-refractivity contribution < 1.29 is 18.8 Å². The second-order valence-electron chi connectivity index (χ2n) is 6.12. The minimum atomic E-state index is -0.936. The Balaban J connectivity index is 2.30. The Morgan fingerprint density at radius 1 is 1.21 bits per heavy atom. The van der Waals surface area contributed by atoms with E-state index in [1.165, 1.54) is 18.2 Å². The SMILES string of the molecule is CC(C)(CCn1cc(F)c(-c2ccccc2F)cc1=O)C(=O)NO. The second kappa shape index (κ2) is 6.92. The minimum absolute atomic E-state index is 0.0132. The van der Waals surface area contributed by atoms with Gasteiger partial charge in [0.1, 0.15) is 11.6 Å². The van der Waals surface area contributed by atoms with Crippen molar-refractivity contribution in [2.24, 2.45) is 5.41 Å². The van der Waals surface area contributed by atoms with Crippen LogP contribution in [-0.4, -0.2) is 15.7 Å². The van der Waals surface area contributed by atoms with Crippen LogP contribution in [0.25, 0.3) is 11.1 Å². The van der Waals surface area contributed by atoms with Crippen LogP contribution in [0.3, 0.4) is 0 Å². The van der Waals surface area contributed by atoms with Crippen molar-refractivity contribution in [3.8, 4) is 11.1 Å².